The molecule has 0 aliphatic heterocycles. The fourth-order valence-electron chi connectivity index (χ4n) is 1.56. The zero-order valence-electron chi connectivity index (χ0n) is 11.3. The molecule has 2 rings (SSSR count). The summed E-state index contributed by atoms with van der Waals surface area (Å²) in [5.41, 5.74) is 0.0537. The monoisotopic (exact) mass is 290 g/mol. The third-order valence-electron chi connectivity index (χ3n) is 2.57. The number of methoxy groups -OCH3 is 1. The van der Waals surface area contributed by atoms with Gasteiger partial charge in [0, 0.05) is 19.9 Å². The average molecular weight is 290 g/mol. The van der Waals surface area contributed by atoms with Gasteiger partial charge >= 0.3 is 0 Å². The summed E-state index contributed by atoms with van der Waals surface area (Å²) < 4.78 is 4.81. The third-order valence-corrected chi connectivity index (χ3v) is 2.57. The second-order valence-corrected chi connectivity index (χ2v) is 4.03. The molecule has 8 nitrogen and oxygen atoms in total. The Morgan fingerprint density at radius 3 is 2.81 bits per heavy atom. The normalized spacial score (nSPS) is 10.3. The quantitative estimate of drug-likeness (QED) is 0.679. The number of carbonyl (C=O) groups excluding carboxylic acids is 1. The maximum Gasteiger partial charge on any atom is 0.274 e. The van der Waals surface area contributed by atoms with Gasteiger partial charge < -0.3 is 20.3 Å². The van der Waals surface area contributed by atoms with Gasteiger partial charge in [-0.15, -0.1) is 0 Å². The zero-order valence-corrected chi connectivity index (χ0v) is 11.3. The van der Waals surface area contributed by atoms with E-state index in [2.05, 4.69) is 20.3 Å². The number of hydrogen-bond acceptors (Lipinski definition) is 7. The van der Waals surface area contributed by atoms with Gasteiger partial charge in [-0.25, -0.2) is 4.98 Å². The van der Waals surface area contributed by atoms with E-state index in [1.807, 2.05) is 0 Å². The van der Waals surface area contributed by atoms with Crippen LogP contribution in [0.1, 0.15) is 10.5 Å². The number of rotatable bonds is 5. The lowest BCUT2D eigenvalue weighted by molar-refractivity contribution is 0.0928. The summed E-state index contributed by atoms with van der Waals surface area (Å²) >= 11 is 0. The highest BCUT2D eigenvalue weighted by Crippen LogP contribution is 2.27. The lowest BCUT2D eigenvalue weighted by Crippen LogP contribution is -2.28. The first kappa shape index (κ1) is 14.7. The molecule has 0 fully saturated rings. The lowest BCUT2D eigenvalue weighted by atomic mass is 10.3. The van der Waals surface area contributed by atoms with Crippen molar-refractivity contribution in [3.05, 3.63) is 30.1 Å². The van der Waals surface area contributed by atoms with E-state index in [0.29, 0.717) is 12.3 Å². The molecule has 0 saturated carbocycles. The van der Waals surface area contributed by atoms with Crippen LogP contribution < -0.4 is 5.32 Å². The van der Waals surface area contributed by atoms with E-state index in [4.69, 9.17) is 4.74 Å². The van der Waals surface area contributed by atoms with Crippen LogP contribution in [0.2, 0.25) is 0 Å². The van der Waals surface area contributed by atoms with Gasteiger partial charge in [-0.05, 0) is 12.1 Å². The van der Waals surface area contributed by atoms with E-state index in [0.717, 1.165) is 0 Å². The van der Waals surface area contributed by atoms with Crippen LogP contribution in [0.3, 0.4) is 0 Å². The second-order valence-electron chi connectivity index (χ2n) is 4.03. The Bertz CT molecular complexity index is 634. The predicted molar refractivity (Wildman–Crippen MR) is 72.8 cm³/mol. The molecule has 0 bridgehead atoms. The van der Waals surface area contributed by atoms with Gasteiger partial charge in [0.25, 0.3) is 11.8 Å². The summed E-state index contributed by atoms with van der Waals surface area (Å²) in [4.78, 5) is 23.6. The van der Waals surface area contributed by atoms with Crippen molar-refractivity contribution in [3.63, 3.8) is 0 Å². The lowest BCUT2D eigenvalue weighted by Gasteiger charge is -2.08. The van der Waals surface area contributed by atoms with E-state index < -0.39 is 17.5 Å². The van der Waals surface area contributed by atoms with Gasteiger partial charge in [0.2, 0.25) is 5.75 Å². The summed E-state index contributed by atoms with van der Waals surface area (Å²) in [6, 6.07) is 5.05. The van der Waals surface area contributed by atoms with Crippen LogP contribution in [0.25, 0.3) is 11.5 Å². The topological polar surface area (TPSA) is 117 Å². The van der Waals surface area contributed by atoms with E-state index in [9.17, 15) is 15.0 Å². The second kappa shape index (κ2) is 6.62. The van der Waals surface area contributed by atoms with Crippen LogP contribution in [0.5, 0.6) is 11.6 Å². The highest BCUT2D eigenvalue weighted by atomic mass is 16.5. The number of aromatic hydroxyl groups is 2. The molecule has 1 amide bonds. The van der Waals surface area contributed by atoms with E-state index in [1.165, 1.54) is 13.3 Å². The van der Waals surface area contributed by atoms with Gasteiger partial charge in [0.1, 0.15) is 5.69 Å². The van der Waals surface area contributed by atoms with Crippen LogP contribution in [0, 0.1) is 0 Å². The number of ether oxygens (including phenoxy) is 1. The Morgan fingerprint density at radius 2 is 2.14 bits per heavy atom. The molecule has 0 aromatic carbocycles. The van der Waals surface area contributed by atoms with Crippen molar-refractivity contribution >= 4 is 5.91 Å². The molecule has 0 unspecified atom stereocenters. The summed E-state index contributed by atoms with van der Waals surface area (Å²) in [6.07, 6.45) is 1.53. The smallest absolute Gasteiger partial charge is 0.274 e. The van der Waals surface area contributed by atoms with Gasteiger partial charge in [0.15, 0.2) is 11.5 Å². The first-order chi connectivity index (χ1) is 10.1. The Balaban J connectivity index is 2.33. The minimum atomic E-state index is -0.678. The van der Waals surface area contributed by atoms with Gasteiger partial charge in [-0.1, -0.05) is 6.07 Å². The largest absolute Gasteiger partial charge is 0.501 e. The van der Waals surface area contributed by atoms with Crippen LogP contribution in [0.4, 0.5) is 0 Å². The minimum Gasteiger partial charge on any atom is -0.501 e. The predicted octanol–water partition coefficient (Wildman–Crippen LogP) is 0.326. The molecular weight excluding hydrogens is 276 g/mol. The van der Waals surface area contributed by atoms with Crippen LogP contribution in [-0.2, 0) is 4.74 Å². The first-order valence-corrected chi connectivity index (χ1v) is 6.12. The zero-order chi connectivity index (χ0) is 15.2. The molecule has 2 aromatic heterocycles. The maximum absolute atomic E-state index is 11.9. The van der Waals surface area contributed by atoms with Crippen molar-refractivity contribution in [3.8, 4) is 23.1 Å². The number of carbonyl (C=O) groups is 1. The van der Waals surface area contributed by atoms with Crippen molar-refractivity contribution in [2.75, 3.05) is 20.3 Å². The molecule has 8 heteroatoms. The van der Waals surface area contributed by atoms with Gasteiger partial charge in [-0.2, -0.15) is 4.98 Å². The average Bonchev–Trinajstić information content (AvgIpc) is 2.51. The number of nitrogens with zero attached hydrogens (tertiary/aromatic N) is 3. The number of hydrogen-bond donors (Lipinski definition) is 3. The van der Waals surface area contributed by atoms with Crippen LogP contribution in [0.15, 0.2) is 24.4 Å². The SMILES string of the molecule is COCCNC(=O)c1nc(-c2ccccn2)nc(O)c1O. The molecule has 21 heavy (non-hydrogen) atoms. The van der Waals surface area contributed by atoms with Crippen molar-refractivity contribution in [1.82, 2.24) is 20.3 Å². The van der Waals surface area contributed by atoms with Crippen molar-refractivity contribution in [2.45, 2.75) is 0 Å². The molecular formula is C13H14N4O4. The summed E-state index contributed by atoms with van der Waals surface area (Å²) in [5.74, 6) is -1.95. The number of nitrogens with one attached hydrogen (secondary N) is 1. The minimum absolute atomic E-state index is 0.0443. The highest BCUT2D eigenvalue weighted by molar-refractivity contribution is 5.95. The number of pyridine rings is 1. The molecule has 0 aliphatic rings. The van der Waals surface area contributed by atoms with E-state index in [1.54, 1.807) is 18.2 Å². The van der Waals surface area contributed by atoms with Crippen molar-refractivity contribution < 1.29 is 19.7 Å². The summed E-state index contributed by atoms with van der Waals surface area (Å²) in [5, 5.41) is 21.8. The molecule has 110 valence electrons. The molecule has 0 saturated heterocycles. The fraction of sp³-hybridized carbons (Fsp3) is 0.231. The van der Waals surface area contributed by atoms with E-state index >= 15 is 0 Å². The molecule has 3 N–H and O–H groups in total. The molecule has 2 aromatic rings. The Hall–Kier alpha value is -2.74. The number of aromatic nitrogens is 3. The van der Waals surface area contributed by atoms with E-state index in [-0.39, 0.29) is 18.1 Å². The Labute approximate surface area is 120 Å². The standard InChI is InChI=1S/C13H14N4O4/c1-21-7-6-15-12(19)9-10(18)13(20)17-11(16-9)8-4-2-3-5-14-8/h2-5,18H,6-7H2,1H3,(H,15,19)(H,16,17,20). The molecule has 0 atom stereocenters. The van der Waals surface area contributed by atoms with Gasteiger partial charge in [-0.3, -0.25) is 9.78 Å². The molecule has 0 aliphatic carbocycles. The molecule has 0 spiro atoms. The number of amides is 1. The summed E-state index contributed by atoms with van der Waals surface area (Å²) in [7, 11) is 1.50. The Kier molecular flexibility index (Phi) is 4.62. The van der Waals surface area contributed by atoms with Crippen LogP contribution in [-0.4, -0.2) is 51.3 Å². The van der Waals surface area contributed by atoms with Gasteiger partial charge in [0.05, 0.1) is 6.61 Å². The highest BCUT2D eigenvalue weighted by Gasteiger charge is 2.20. The van der Waals surface area contributed by atoms with Crippen molar-refractivity contribution in [1.29, 1.82) is 0 Å². The van der Waals surface area contributed by atoms with Crippen molar-refractivity contribution in [2.24, 2.45) is 0 Å². The third kappa shape index (κ3) is 3.42. The Morgan fingerprint density at radius 1 is 1.33 bits per heavy atom. The fourth-order valence-corrected chi connectivity index (χ4v) is 1.56. The summed E-state index contributed by atoms with van der Waals surface area (Å²) in [6.45, 7) is 0.565. The van der Waals surface area contributed by atoms with Crippen LogP contribution >= 0.6 is 0 Å². The molecule has 0 radical (unpaired) electrons. The first-order valence-electron chi connectivity index (χ1n) is 6.12. The maximum atomic E-state index is 11.9. The molecule has 2 heterocycles.